The van der Waals surface area contributed by atoms with Gasteiger partial charge in [-0.1, -0.05) is 249 Å². The third kappa shape index (κ3) is 7.35. The van der Waals surface area contributed by atoms with Gasteiger partial charge in [-0.05, 0) is 85.5 Å². The minimum Gasteiger partial charge on any atom is -0.309 e. The summed E-state index contributed by atoms with van der Waals surface area (Å²) in [5, 5.41) is 10.0. The Morgan fingerprint density at radius 1 is 0.267 bits per heavy atom. The maximum Gasteiger partial charge on any atom is 0.235 e. The Morgan fingerprint density at radius 2 is 0.667 bits per heavy atom. The molecule has 0 saturated heterocycles. The largest absolute Gasteiger partial charge is 0.309 e. The summed E-state index contributed by atoms with van der Waals surface area (Å²) in [7, 11) is -2.79. The normalized spacial score (nSPS) is 11.7. The number of rotatable bonds is 10. The van der Waals surface area contributed by atoms with E-state index >= 15 is 0 Å². The molecule has 75 heavy (non-hydrogen) atoms. The van der Waals surface area contributed by atoms with Crippen molar-refractivity contribution in [1.29, 1.82) is 0 Å². The van der Waals surface area contributed by atoms with E-state index < -0.39 is 8.07 Å². The maximum atomic E-state index is 5.73. The van der Waals surface area contributed by atoms with E-state index in [1.165, 1.54) is 42.6 Å². The van der Waals surface area contributed by atoms with Crippen molar-refractivity contribution in [3.05, 3.63) is 291 Å². The molecule has 0 amide bonds. The molecule has 0 atom stereocenters. The van der Waals surface area contributed by atoms with Crippen molar-refractivity contribution in [3.8, 4) is 56.4 Å². The van der Waals surface area contributed by atoms with E-state index in [1.807, 2.05) is 0 Å². The Labute approximate surface area is 436 Å². The summed E-state index contributed by atoms with van der Waals surface area (Å²) < 4.78 is 4.67. The Bertz CT molecular complexity index is 4170. The van der Waals surface area contributed by atoms with E-state index in [9.17, 15) is 0 Å². The van der Waals surface area contributed by atoms with Gasteiger partial charge >= 0.3 is 0 Å². The lowest BCUT2D eigenvalue weighted by Crippen LogP contribution is -2.74. The van der Waals surface area contributed by atoms with Crippen molar-refractivity contribution in [2.24, 2.45) is 0 Å². The zero-order valence-corrected chi connectivity index (χ0v) is 42.0. The lowest BCUT2D eigenvalue weighted by atomic mass is 9.89. The highest BCUT2D eigenvalue weighted by molar-refractivity contribution is 7.19. The van der Waals surface area contributed by atoms with Gasteiger partial charge in [-0.25, -0.2) is 9.97 Å². The molecule has 0 fully saturated rings. The second-order valence-corrected chi connectivity index (χ2v) is 23.1. The quantitative estimate of drug-likeness (QED) is 0.101. The zero-order chi connectivity index (χ0) is 49.7. The molecular formula is C70H48N4Si. The average Bonchev–Trinajstić information content (AvgIpc) is 4.03. The molecule has 5 heteroatoms. The van der Waals surface area contributed by atoms with E-state index in [2.05, 4.69) is 300 Å². The summed E-state index contributed by atoms with van der Waals surface area (Å²) in [5.74, 6) is 0.603. The molecular weight excluding hydrogens is 925 g/mol. The van der Waals surface area contributed by atoms with E-state index in [0.717, 1.165) is 72.3 Å². The molecule has 0 radical (unpaired) electrons. The molecule has 3 heterocycles. The molecule has 0 aliphatic carbocycles. The van der Waals surface area contributed by atoms with Crippen molar-refractivity contribution in [1.82, 2.24) is 19.1 Å². The van der Waals surface area contributed by atoms with Gasteiger partial charge in [0.25, 0.3) is 0 Å². The highest BCUT2D eigenvalue weighted by Gasteiger charge is 2.41. The summed E-state index contributed by atoms with van der Waals surface area (Å²) in [6.45, 7) is 0. The van der Waals surface area contributed by atoms with Gasteiger partial charge in [0.1, 0.15) is 0 Å². The number of benzene rings is 11. The molecule has 0 aliphatic rings. The van der Waals surface area contributed by atoms with E-state index in [1.54, 1.807) is 0 Å². The predicted molar refractivity (Wildman–Crippen MR) is 316 cm³/mol. The smallest absolute Gasteiger partial charge is 0.235 e. The fourth-order valence-electron chi connectivity index (χ4n) is 11.8. The zero-order valence-electron chi connectivity index (χ0n) is 41.0. The predicted octanol–water partition coefficient (Wildman–Crippen LogP) is 14.7. The number of hydrogen-bond acceptors (Lipinski definition) is 2. The number of fused-ring (bicyclic) bond motifs is 6. The number of hydrogen-bond donors (Lipinski definition) is 0. The minimum absolute atomic E-state index is 0.603. The van der Waals surface area contributed by atoms with Crippen LogP contribution in [0.3, 0.4) is 0 Å². The molecule has 0 N–H and O–H groups in total. The Morgan fingerprint density at radius 3 is 1.17 bits per heavy atom. The fraction of sp³-hybridized carbons (Fsp3) is 0. The van der Waals surface area contributed by atoms with Crippen LogP contribution in [0.25, 0.3) is 100 Å². The third-order valence-electron chi connectivity index (χ3n) is 15.1. The average molecular weight is 973 g/mol. The molecule has 0 aliphatic heterocycles. The van der Waals surface area contributed by atoms with Crippen LogP contribution in [0, 0.1) is 0 Å². The second kappa shape index (κ2) is 18.4. The van der Waals surface area contributed by atoms with Crippen molar-refractivity contribution in [2.75, 3.05) is 0 Å². The molecule has 11 aromatic carbocycles. The van der Waals surface area contributed by atoms with Gasteiger partial charge in [0.05, 0.1) is 33.5 Å². The van der Waals surface area contributed by atoms with Crippen LogP contribution < -0.4 is 20.7 Å². The highest BCUT2D eigenvalue weighted by Crippen LogP contribution is 2.42. The Balaban J connectivity index is 1.02. The lowest BCUT2D eigenvalue weighted by molar-refractivity contribution is 0.995. The van der Waals surface area contributed by atoms with Gasteiger partial charge < -0.3 is 4.57 Å². The van der Waals surface area contributed by atoms with Gasteiger partial charge in [0.15, 0.2) is 8.07 Å². The maximum absolute atomic E-state index is 5.73. The first-order valence-corrected chi connectivity index (χ1v) is 27.7. The first-order chi connectivity index (χ1) is 37.2. The van der Waals surface area contributed by atoms with Crippen LogP contribution in [0.2, 0.25) is 0 Å². The third-order valence-corrected chi connectivity index (χ3v) is 19.9. The van der Waals surface area contributed by atoms with Crippen molar-refractivity contribution in [3.63, 3.8) is 0 Å². The van der Waals surface area contributed by atoms with Crippen LogP contribution in [0.1, 0.15) is 0 Å². The summed E-state index contributed by atoms with van der Waals surface area (Å²) in [4.78, 5) is 11.4. The first-order valence-electron chi connectivity index (χ1n) is 25.7. The minimum atomic E-state index is -2.79. The molecule has 0 spiro atoms. The van der Waals surface area contributed by atoms with Crippen molar-refractivity contribution < 1.29 is 0 Å². The highest BCUT2D eigenvalue weighted by atomic mass is 28.3. The molecule has 352 valence electrons. The van der Waals surface area contributed by atoms with Crippen molar-refractivity contribution in [2.45, 2.75) is 0 Å². The van der Waals surface area contributed by atoms with E-state index in [0.29, 0.717) is 5.95 Å². The SMILES string of the molecule is c1ccc(-c2cccc(-c3ccccc3)c2-c2cc(-c3ccc([Si](c4ccccc4)(c4ccccc4)c4ccccc4)cc3)nc(-n3c4ccccc4c4cc(-n5c6ccccc6c6ccccc65)ccc43)n2)cc1. The number of aromatic nitrogens is 4. The van der Waals surface area contributed by atoms with Crippen LogP contribution >= 0.6 is 0 Å². The molecule has 0 unspecified atom stereocenters. The molecule has 0 saturated carbocycles. The standard InChI is InChI=1S/C70H48N4Si/c1-6-23-49(24-7-1)57-36-22-37-58(50-25-8-2-9-26-50)69(57)64-48-63(51-41-44-56(45-42-51)75(53-27-10-3-11-28-53,54-29-12-4-13-30-54)55-31-14-5-15-32-55)71-70(72-64)74-67-40-21-18-35-61(67)62-47-52(43-46-68(62)74)73-65-38-19-16-33-59(65)60-34-17-20-39-66(60)73/h1-48H. The fourth-order valence-corrected chi connectivity index (χ4v) is 16.6. The summed E-state index contributed by atoms with van der Waals surface area (Å²) in [5.41, 5.74) is 13.7. The van der Waals surface area contributed by atoms with Gasteiger partial charge in [0.2, 0.25) is 5.95 Å². The molecule has 4 nitrogen and oxygen atoms in total. The van der Waals surface area contributed by atoms with Crippen LogP contribution in [0.4, 0.5) is 0 Å². The lowest BCUT2D eigenvalue weighted by Gasteiger charge is -2.34. The number of nitrogens with zero attached hydrogens (tertiary/aromatic N) is 4. The first kappa shape index (κ1) is 44.1. The van der Waals surface area contributed by atoms with Gasteiger partial charge in [-0.15, -0.1) is 0 Å². The molecule has 14 aromatic rings. The summed E-state index contributed by atoms with van der Waals surface area (Å²) in [6.07, 6.45) is 0. The van der Waals surface area contributed by atoms with E-state index in [-0.39, 0.29) is 0 Å². The topological polar surface area (TPSA) is 35.6 Å². The molecule has 14 rings (SSSR count). The van der Waals surface area contributed by atoms with Gasteiger partial charge in [-0.3, -0.25) is 4.57 Å². The van der Waals surface area contributed by atoms with Crippen molar-refractivity contribution >= 4 is 72.4 Å². The summed E-state index contributed by atoms with van der Waals surface area (Å²) in [6, 6.07) is 106. The molecule has 0 bridgehead atoms. The van der Waals surface area contributed by atoms with Crippen LogP contribution in [-0.4, -0.2) is 27.2 Å². The van der Waals surface area contributed by atoms with Crippen LogP contribution in [-0.2, 0) is 0 Å². The molecule has 3 aromatic heterocycles. The summed E-state index contributed by atoms with van der Waals surface area (Å²) >= 11 is 0. The number of para-hydroxylation sites is 3. The second-order valence-electron chi connectivity index (χ2n) is 19.2. The monoisotopic (exact) mass is 972 g/mol. The Kier molecular flexibility index (Phi) is 10.8. The van der Waals surface area contributed by atoms with Crippen LogP contribution in [0.5, 0.6) is 0 Å². The van der Waals surface area contributed by atoms with Crippen LogP contribution in [0.15, 0.2) is 291 Å². The van der Waals surface area contributed by atoms with E-state index in [4.69, 9.17) is 9.97 Å². The van der Waals surface area contributed by atoms with Gasteiger partial charge in [-0.2, -0.15) is 0 Å². The van der Waals surface area contributed by atoms with Gasteiger partial charge in [0, 0.05) is 38.4 Å². The Hall–Kier alpha value is -9.68.